The Morgan fingerprint density at radius 3 is 2.65 bits per heavy atom. The van der Waals surface area contributed by atoms with Gasteiger partial charge in [-0.1, -0.05) is 33.6 Å². The lowest BCUT2D eigenvalue weighted by atomic mass is 10.1. The minimum atomic E-state index is 0.0496. The Balaban J connectivity index is 1.90. The topological polar surface area (TPSA) is 35.6 Å². The highest BCUT2D eigenvalue weighted by Crippen LogP contribution is 2.26. The van der Waals surface area contributed by atoms with Crippen molar-refractivity contribution in [1.82, 2.24) is 15.1 Å². The van der Waals surface area contributed by atoms with Crippen LogP contribution in [-0.2, 0) is 4.79 Å². The minimum Gasteiger partial charge on any atom is -0.324 e. The molecule has 0 aromatic rings. The maximum atomic E-state index is 12.6. The van der Waals surface area contributed by atoms with E-state index in [1.807, 2.05) is 0 Å². The van der Waals surface area contributed by atoms with Gasteiger partial charge in [0.25, 0.3) is 0 Å². The average Bonchev–Trinajstić information content (AvgIpc) is 3.20. The summed E-state index contributed by atoms with van der Waals surface area (Å²) in [5, 5.41) is 3.55. The summed E-state index contributed by atoms with van der Waals surface area (Å²) in [7, 11) is 2.19. The van der Waals surface area contributed by atoms with Gasteiger partial charge < -0.3 is 9.80 Å². The molecule has 1 saturated carbocycles. The van der Waals surface area contributed by atoms with Crippen molar-refractivity contribution in [2.24, 2.45) is 5.92 Å². The molecule has 0 aromatic heterocycles. The Kier molecular flexibility index (Phi) is 5.44. The number of carbonyl (C=O) groups is 1. The predicted molar refractivity (Wildman–Crippen MR) is 82.4 cm³/mol. The fourth-order valence-electron chi connectivity index (χ4n) is 3.08. The van der Waals surface area contributed by atoms with Crippen LogP contribution in [0.2, 0.25) is 0 Å². The van der Waals surface area contributed by atoms with E-state index in [-0.39, 0.29) is 12.2 Å². The molecule has 1 aliphatic heterocycles. The van der Waals surface area contributed by atoms with Gasteiger partial charge in [0.15, 0.2) is 0 Å². The van der Waals surface area contributed by atoms with E-state index in [1.165, 1.54) is 12.8 Å². The van der Waals surface area contributed by atoms with Gasteiger partial charge >= 0.3 is 0 Å². The highest BCUT2D eigenvalue weighted by Gasteiger charge is 2.39. The molecule has 0 radical (unpaired) electrons. The fourth-order valence-corrected chi connectivity index (χ4v) is 3.08. The molecule has 116 valence electrons. The number of carbonyl (C=O) groups excluding carboxylic acids is 1. The van der Waals surface area contributed by atoms with E-state index in [1.54, 1.807) is 0 Å². The van der Waals surface area contributed by atoms with Crippen LogP contribution < -0.4 is 5.32 Å². The van der Waals surface area contributed by atoms with Gasteiger partial charge in [-0.2, -0.15) is 0 Å². The quantitative estimate of drug-likeness (QED) is 0.739. The molecule has 1 aliphatic carbocycles. The third-order valence-corrected chi connectivity index (χ3v) is 4.63. The van der Waals surface area contributed by atoms with E-state index in [0.29, 0.717) is 11.8 Å². The number of nitrogens with one attached hydrogen (secondary N) is 1. The Morgan fingerprint density at radius 1 is 1.40 bits per heavy atom. The maximum Gasteiger partial charge on any atom is 0.241 e. The third-order valence-electron chi connectivity index (χ3n) is 4.63. The van der Waals surface area contributed by atoms with Crippen LogP contribution in [0.5, 0.6) is 0 Å². The van der Waals surface area contributed by atoms with E-state index in [0.717, 1.165) is 38.4 Å². The van der Waals surface area contributed by atoms with Gasteiger partial charge in [-0.05, 0) is 32.2 Å². The van der Waals surface area contributed by atoms with Crippen molar-refractivity contribution >= 4 is 5.91 Å². The van der Waals surface area contributed by atoms with Gasteiger partial charge in [-0.25, -0.2) is 0 Å². The van der Waals surface area contributed by atoms with Crippen molar-refractivity contribution in [3.8, 4) is 0 Å². The van der Waals surface area contributed by atoms with Gasteiger partial charge in [0.1, 0.15) is 0 Å². The van der Waals surface area contributed by atoms with Gasteiger partial charge in [0.05, 0.1) is 12.2 Å². The smallest absolute Gasteiger partial charge is 0.241 e. The van der Waals surface area contributed by atoms with Crippen molar-refractivity contribution < 1.29 is 4.79 Å². The number of hydrogen-bond acceptors (Lipinski definition) is 3. The first-order valence-corrected chi connectivity index (χ1v) is 8.31. The molecular formula is C16H31N3O. The SMILES string of the molecule is CCCCC1NC(C(C)C)N(CCN(C)C2CC2)C1=O. The summed E-state index contributed by atoms with van der Waals surface area (Å²) in [5.41, 5.74) is 0. The van der Waals surface area contributed by atoms with Gasteiger partial charge in [-0.3, -0.25) is 10.1 Å². The maximum absolute atomic E-state index is 12.6. The molecule has 2 aliphatic rings. The zero-order valence-electron chi connectivity index (χ0n) is 13.6. The van der Waals surface area contributed by atoms with E-state index in [4.69, 9.17) is 0 Å². The lowest BCUT2D eigenvalue weighted by Crippen LogP contribution is -2.44. The average molecular weight is 281 g/mol. The van der Waals surface area contributed by atoms with Gasteiger partial charge in [0, 0.05) is 19.1 Å². The number of likely N-dealkylation sites (N-methyl/N-ethyl adjacent to an activating group) is 1. The lowest BCUT2D eigenvalue weighted by molar-refractivity contribution is -0.130. The number of amides is 1. The zero-order valence-corrected chi connectivity index (χ0v) is 13.6. The minimum absolute atomic E-state index is 0.0496. The molecule has 2 unspecified atom stereocenters. The molecule has 1 amide bonds. The molecule has 1 heterocycles. The Bertz CT molecular complexity index is 328. The number of rotatable bonds is 8. The van der Waals surface area contributed by atoms with Crippen LogP contribution in [0.3, 0.4) is 0 Å². The van der Waals surface area contributed by atoms with Crippen molar-refractivity contribution in [3.63, 3.8) is 0 Å². The summed E-state index contributed by atoms with van der Waals surface area (Å²) in [6.07, 6.45) is 6.14. The van der Waals surface area contributed by atoms with Crippen LogP contribution in [0.4, 0.5) is 0 Å². The summed E-state index contributed by atoms with van der Waals surface area (Å²) >= 11 is 0. The van der Waals surface area contributed by atoms with E-state index in [2.05, 4.69) is 42.9 Å². The van der Waals surface area contributed by atoms with Crippen molar-refractivity contribution in [2.75, 3.05) is 20.1 Å². The molecule has 1 N–H and O–H groups in total. The number of nitrogens with zero attached hydrogens (tertiary/aromatic N) is 2. The first-order valence-electron chi connectivity index (χ1n) is 8.31. The lowest BCUT2D eigenvalue weighted by Gasteiger charge is -2.29. The molecule has 4 heteroatoms. The summed E-state index contributed by atoms with van der Waals surface area (Å²) in [4.78, 5) is 17.1. The fraction of sp³-hybridized carbons (Fsp3) is 0.938. The standard InChI is InChI=1S/C16H31N3O/c1-5-6-7-14-16(20)19(15(17-14)12(2)3)11-10-18(4)13-8-9-13/h12-15,17H,5-11H2,1-4H3. The van der Waals surface area contributed by atoms with Crippen molar-refractivity contribution in [2.45, 2.75) is 71.1 Å². The molecule has 2 atom stereocenters. The van der Waals surface area contributed by atoms with Crippen molar-refractivity contribution in [3.05, 3.63) is 0 Å². The Morgan fingerprint density at radius 2 is 2.10 bits per heavy atom. The van der Waals surface area contributed by atoms with E-state index >= 15 is 0 Å². The molecule has 2 fully saturated rings. The first kappa shape index (κ1) is 15.8. The first-order chi connectivity index (χ1) is 9.54. The molecule has 20 heavy (non-hydrogen) atoms. The summed E-state index contributed by atoms with van der Waals surface area (Å²) in [6.45, 7) is 8.45. The number of hydrogen-bond donors (Lipinski definition) is 1. The molecule has 0 spiro atoms. The van der Waals surface area contributed by atoms with Crippen LogP contribution in [0, 0.1) is 5.92 Å². The molecule has 0 bridgehead atoms. The second-order valence-electron chi connectivity index (χ2n) is 6.79. The van der Waals surface area contributed by atoms with Crippen LogP contribution in [-0.4, -0.2) is 54.1 Å². The second-order valence-corrected chi connectivity index (χ2v) is 6.79. The highest BCUT2D eigenvalue weighted by molar-refractivity contribution is 5.84. The largest absolute Gasteiger partial charge is 0.324 e. The molecule has 2 rings (SSSR count). The van der Waals surface area contributed by atoms with Crippen LogP contribution in [0.1, 0.15) is 52.9 Å². The zero-order chi connectivity index (χ0) is 14.7. The van der Waals surface area contributed by atoms with Crippen LogP contribution in [0.15, 0.2) is 0 Å². The van der Waals surface area contributed by atoms with E-state index < -0.39 is 0 Å². The number of unbranched alkanes of at least 4 members (excludes halogenated alkanes) is 1. The summed E-state index contributed by atoms with van der Waals surface area (Å²) in [6, 6.07) is 0.822. The molecule has 4 nitrogen and oxygen atoms in total. The molecule has 1 saturated heterocycles. The van der Waals surface area contributed by atoms with Crippen molar-refractivity contribution in [1.29, 1.82) is 0 Å². The summed E-state index contributed by atoms with van der Waals surface area (Å²) in [5.74, 6) is 0.790. The highest BCUT2D eigenvalue weighted by atomic mass is 16.2. The van der Waals surface area contributed by atoms with Gasteiger partial charge in [0.2, 0.25) is 5.91 Å². The monoisotopic (exact) mass is 281 g/mol. The third kappa shape index (κ3) is 3.73. The van der Waals surface area contributed by atoms with Crippen LogP contribution in [0.25, 0.3) is 0 Å². The van der Waals surface area contributed by atoms with E-state index in [9.17, 15) is 4.79 Å². The Hall–Kier alpha value is -0.610. The molecular weight excluding hydrogens is 250 g/mol. The summed E-state index contributed by atoms with van der Waals surface area (Å²) < 4.78 is 0. The molecule has 0 aromatic carbocycles. The van der Waals surface area contributed by atoms with Crippen LogP contribution >= 0.6 is 0 Å². The second kappa shape index (κ2) is 6.90. The normalized spacial score (nSPS) is 27.1. The van der Waals surface area contributed by atoms with Gasteiger partial charge in [-0.15, -0.1) is 0 Å². The Labute approximate surface area is 123 Å². The predicted octanol–water partition coefficient (Wildman–Crippen LogP) is 2.05.